The summed E-state index contributed by atoms with van der Waals surface area (Å²) in [4.78, 5) is 24.7. The van der Waals surface area contributed by atoms with Crippen LogP contribution >= 0.6 is 0 Å². The first-order chi connectivity index (χ1) is 12.1. The third-order valence-corrected chi connectivity index (χ3v) is 3.53. The Morgan fingerprint density at radius 3 is 2.36 bits per heavy atom. The lowest BCUT2D eigenvalue weighted by atomic mass is 10.1. The zero-order valence-corrected chi connectivity index (χ0v) is 14.1. The van der Waals surface area contributed by atoms with Crippen molar-refractivity contribution in [2.24, 2.45) is 0 Å². The molecule has 2 aromatic carbocycles. The van der Waals surface area contributed by atoms with Gasteiger partial charge in [-0.25, -0.2) is 4.39 Å². The molecule has 5 heteroatoms. The topological polar surface area (TPSA) is 58.2 Å². The van der Waals surface area contributed by atoms with E-state index in [-0.39, 0.29) is 23.3 Å². The average Bonchev–Trinajstić information content (AvgIpc) is 2.63. The van der Waals surface area contributed by atoms with Crippen molar-refractivity contribution in [3.63, 3.8) is 0 Å². The van der Waals surface area contributed by atoms with Crippen LogP contribution in [0.15, 0.2) is 60.3 Å². The van der Waals surface area contributed by atoms with Gasteiger partial charge in [0.2, 0.25) is 0 Å². The molecule has 130 valence electrons. The van der Waals surface area contributed by atoms with Gasteiger partial charge in [-0.1, -0.05) is 43.7 Å². The fraction of sp³-hybridized carbons (Fsp3) is 0.200. The highest BCUT2D eigenvalue weighted by Gasteiger charge is 2.14. The van der Waals surface area contributed by atoms with Gasteiger partial charge < -0.3 is 10.6 Å². The van der Waals surface area contributed by atoms with Crippen LogP contribution in [-0.4, -0.2) is 18.4 Å². The highest BCUT2D eigenvalue weighted by molar-refractivity contribution is 6.05. The van der Waals surface area contributed by atoms with Gasteiger partial charge in [0.25, 0.3) is 11.8 Å². The summed E-state index contributed by atoms with van der Waals surface area (Å²) in [5.41, 5.74) is 1.20. The minimum Gasteiger partial charge on any atom is -0.351 e. The third-order valence-electron chi connectivity index (χ3n) is 3.53. The molecule has 0 spiro atoms. The SMILES string of the molecule is CCCCNC(=O)/C(=C/c1ccc(F)cc1)NC(=O)c1ccccc1. The van der Waals surface area contributed by atoms with E-state index in [1.54, 1.807) is 36.4 Å². The molecule has 0 atom stereocenters. The number of halogens is 1. The monoisotopic (exact) mass is 340 g/mol. The summed E-state index contributed by atoms with van der Waals surface area (Å²) in [6.45, 7) is 2.55. The van der Waals surface area contributed by atoms with Gasteiger partial charge in [0.05, 0.1) is 0 Å². The van der Waals surface area contributed by atoms with E-state index >= 15 is 0 Å². The first-order valence-electron chi connectivity index (χ1n) is 8.22. The number of unbranched alkanes of at least 4 members (excludes halogenated alkanes) is 1. The molecule has 2 aromatic rings. The molecular formula is C20H21FN2O2. The van der Waals surface area contributed by atoms with Gasteiger partial charge in [-0.2, -0.15) is 0 Å². The van der Waals surface area contributed by atoms with Crippen molar-refractivity contribution in [1.82, 2.24) is 10.6 Å². The largest absolute Gasteiger partial charge is 0.351 e. The van der Waals surface area contributed by atoms with Gasteiger partial charge >= 0.3 is 0 Å². The number of hydrogen-bond acceptors (Lipinski definition) is 2. The molecule has 0 aromatic heterocycles. The molecule has 0 heterocycles. The van der Waals surface area contributed by atoms with Gasteiger partial charge in [-0.15, -0.1) is 0 Å². The van der Waals surface area contributed by atoms with Crippen LogP contribution < -0.4 is 10.6 Å². The van der Waals surface area contributed by atoms with Crippen molar-refractivity contribution in [2.45, 2.75) is 19.8 Å². The molecule has 2 amide bonds. The Kier molecular flexibility index (Phi) is 6.89. The molecule has 0 saturated heterocycles. The molecular weight excluding hydrogens is 319 g/mol. The van der Waals surface area contributed by atoms with Crippen LogP contribution in [0.2, 0.25) is 0 Å². The van der Waals surface area contributed by atoms with Crippen LogP contribution in [0.3, 0.4) is 0 Å². The van der Waals surface area contributed by atoms with Gasteiger partial charge in [-0.05, 0) is 42.3 Å². The third kappa shape index (κ3) is 5.88. The van der Waals surface area contributed by atoms with E-state index in [9.17, 15) is 14.0 Å². The van der Waals surface area contributed by atoms with E-state index in [4.69, 9.17) is 0 Å². The van der Waals surface area contributed by atoms with Gasteiger partial charge in [-0.3, -0.25) is 9.59 Å². The maximum Gasteiger partial charge on any atom is 0.267 e. The normalized spacial score (nSPS) is 11.0. The molecule has 0 aliphatic carbocycles. The smallest absolute Gasteiger partial charge is 0.267 e. The van der Waals surface area contributed by atoms with Crippen LogP contribution in [0.25, 0.3) is 6.08 Å². The summed E-state index contributed by atoms with van der Waals surface area (Å²) in [5, 5.41) is 5.42. The van der Waals surface area contributed by atoms with Crippen LogP contribution in [0.1, 0.15) is 35.7 Å². The van der Waals surface area contributed by atoms with Gasteiger partial charge in [0.1, 0.15) is 11.5 Å². The summed E-state index contributed by atoms with van der Waals surface area (Å²) in [5.74, 6) is -1.11. The van der Waals surface area contributed by atoms with E-state index in [1.165, 1.54) is 18.2 Å². The maximum absolute atomic E-state index is 13.0. The highest BCUT2D eigenvalue weighted by atomic mass is 19.1. The lowest BCUT2D eigenvalue weighted by Gasteiger charge is -2.11. The van der Waals surface area contributed by atoms with Crippen molar-refractivity contribution in [1.29, 1.82) is 0 Å². The first kappa shape index (κ1) is 18.4. The Labute approximate surface area is 146 Å². The van der Waals surface area contributed by atoms with E-state index < -0.39 is 0 Å². The number of benzene rings is 2. The standard InChI is InChI=1S/C20H21FN2O2/c1-2-3-13-22-20(25)18(14-15-9-11-17(21)12-10-15)23-19(24)16-7-5-4-6-8-16/h4-12,14H,2-3,13H2,1H3,(H,22,25)(H,23,24)/b18-14-. The van der Waals surface area contributed by atoms with E-state index in [2.05, 4.69) is 10.6 Å². The number of nitrogens with one attached hydrogen (secondary N) is 2. The summed E-state index contributed by atoms with van der Waals surface area (Å²) < 4.78 is 13.0. The molecule has 0 radical (unpaired) electrons. The minimum atomic E-state index is -0.375. The molecule has 0 aliphatic rings. The molecule has 25 heavy (non-hydrogen) atoms. The Morgan fingerprint density at radius 1 is 1.04 bits per heavy atom. The molecule has 0 aliphatic heterocycles. The fourth-order valence-corrected chi connectivity index (χ4v) is 2.14. The van der Waals surface area contributed by atoms with Crippen LogP contribution in [-0.2, 0) is 4.79 Å². The minimum absolute atomic E-state index is 0.122. The lowest BCUT2D eigenvalue weighted by molar-refractivity contribution is -0.117. The number of carbonyl (C=O) groups excluding carboxylic acids is 2. The maximum atomic E-state index is 13.0. The Hall–Kier alpha value is -2.95. The summed E-state index contributed by atoms with van der Waals surface area (Å²) in [7, 11) is 0. The second-order valence-corrected chi connectivity index (χ2v) is 5.54. The van der Waals surface area contributed by atoms with Gasteiger partial charge in [0, 0.05) is 12.1 Å². The summed E-state index contributed by atoms with van der Waals surface area (Å²) in [6.07, 6.45) is 3.33. The Bertz CT molecular complexity index is 740. The number of hydrogen-bond donors (Lipinski definition) is 2. The molecule has 4 nitrogen and oxygen atoms in total. The van der Waals surface area contributed by atoms with Gasteiger partial charge in [0.15, 0.2) is 0 Å². The Morgan fingerprint density at radius 2 is 1.72 bits per heavy atom. The molecule has 0 bridgehead atoms. The molecule has 2 N–H and O–H groups in total. The quantitative estimate of drug-likeness (QED) is 0.598. The second-order valence-electron chi connectivity index (χ2n) is 5.54. The van der Waals surface area contributed by atoms with Crippen molar-refractivity contribution < 1.29 is 14.0 Å². The van der Waals surface area contributed by atoms with E-state index in [0.29, 0.717) is 17.7 Å². The molecule has 0 fully saturated rings. The average molecular weight is 340 g/mol. The second kappa shape index (κ2) is 9.37. The molecule has 0 unspecified atom stereocenters. The number of amides is 2. The number of rotatable bonds is 7. The van der Waals surface area contributed by atoms with Crippen molar-refractivity contribution in [3.8, 4) is 0 Å². The van der Waals surface area contributed by atoms with Crippen molar-refractivity contribution >= 4 is 17.9 Å². The van der Waals surface area contributed by atoms with Crippen LogP contribution in [0.5, 0.6) is 0 Å². The first-order valence-corrected chi connectivity index (χ1v) is 8.22. The van der Waals surface area contributed by atoms with Crippen molar-refractivity contribution in [2.75, 3.05) is 6.54 Å². The predicted molar refractivity (Wildman–Crippen MR) is 96.2 cm³/mol. The van der Waals surface area contributed by atoms with E-state index in [0.717, 1.165) is 12.8 Å². The zero-order chi connectivity index (χ0) is 18.1. The highest BCUT2D eigenvalue weighted by Crippen LogP contribution is 2.09. The van der Waals surface area contributed by atoms with Crippen LogP contribution in [0, 0.1) is 5.82 Å². The van der Waals surface area contributed by atoms with Crippen LogP contribution in [0.4, 0.5) is 4.39 Å². The zero-order valence-electron chi connectivity index (χ0n) is 14.1. The summed E-state index contributed by atoms with van der Waals surface area (Å²) >= 11 is 0. The predicted octanol–water partition coefficient (Wildman–Crippen LogP) is 3.51. The number of carbonyl (C=O) groups is 2. The van der Waals surface area contributed by atoms with E-state index in [1.807, 2.05) is 13.0 Å². The summed E-state index contributed by atoms with van der Waals surface area (Å²) in [6, 6.07) is 14.3. The molecule has 2 rings (SSSR count). The molecule has 0 saturated carbocycles. The fourth-order valence-electron chi connectivity index (χ4n) is 2.14. The van der Waals surface area contributed by atoms with Crippen molar-refractivity contribution in [3.05, 3.63) is 77.2 Å². The lowest BCUT2D eigenvalue weighted by Crippen LogP contribution is -2.35. The Balaban J connectivity index is 2.20.